The monoisotopic (exact) mass is 246 g/mol. The lowest BCUT2D eigenvalue weighted by Crippen LogP contribution is -2.10. The van der Waals surface area contributed by atoms with Crippen LogP contribution < -0.4 is 0 Å². The standard InChI is InChI=1S/C12H16Cl2O/c1-3-8(4-2)12(15)9-5-6-10(13)11(14)7-9/h5-8,12,15H,3-4H2,1-2H3. The van der Waals surface area contributed by atoms with E-state index in [2.05, 4.69) is 13.8 Å². The van der Waals surface area contributed by atoms with E-state index in [9.17, 15) is 5.11 Å². The molecule has 1 unspecified atom stereocenters. The largest absolute Gasteiger partial charge is 0.388 e. The highest BCUT2D eigenvalue weighted by Crippen LogP contribution is 2.31. The van der Waals surface area contributed by atoms with Crippen LogP contribution in [-0.2, 0) is 0 Å². The molecule has 1 rings (SSSR count). The fourth-order valence-electron chi connectivity index (χ4n) is 1.70. The van der Waals surface area contributed by atoms with Crippen molar-refractivity contribution in [3.05, 3.63) is 33.8 Å². The Morgan fingerprint density at radius 1 is 1.13 bits per heavy atom. The molecular weight excluding hydrogens is 231 g/mol. The van der Waals surface area contributed by atoms with Gasteiger partial charge < -0.3 is 5.11 Å². The number of hydrogen-bond acceptors (Lipinski definition) is 1. The predicted molar refractivity (Wildman–Crippen MR) is 65.5 cm³/mol. The summed E-state index contributed by atoms with van der Waals surface area (Å²) in [7, 11) is 0. The summed E-state index contributed by atoms with van der Waals surface area (Å²) in [6, 6.07) is 5.30. The molecule has 1 N–H and O–H groups in total. The van der Waals surface area contributed by atoms with Crippen molar-refractivity contribution in [1.82, 2.24) is 0 Å². The van der Waals surface area contributed by atoms with Crippen molar-refractivity contribution in [2.45, 2.75) is 32.8 Å². The zero-order valence-corrected chi connectivity index (χ0v) is 10.5. The minimum absolute atomic E-state index is 0.280. The van der Waals surface area contributed by atoms with E-state index in [-0.39, 0.29) is 5.92 Å². The van der Waals surface area contributed by atoms with Crippen LogP contribution in [0.4, 0.5) is 0 Å². The van der Waals surface area contributed by atoms with Crippen molar-refractivity contribution in [2.24, 2.45) is 5.92 Å². The maximum absolute atomic E-state index is 10.1. The van der Waals surface area contributed by atoms with Gasteiger partial charge in [0.05, 0.1) is 16.1 Å². The smallest absolute Gasteiger partial charge is 0.0818 e. The third kappa shape index (κ3) is 3.10. The second-order valence-electron chi connectivity index (χ2n) is 3.69. The van der Waals surface area contributed by atoms with Crippen LogP contribution in [0.5, 0.6) is 0 Å². The average Bonchev–Trinajstić information content (AvgIpc) is 2.23. The van der Waals surface area contributed by atoms with Crippen molar-refractivity contribution in [2.75, 3.05) is 0 Å². The first-order chi connectivity index (χ1) is 7.10. The molecule has 1 nitrogen and oxygen atoms in total. The molecule has 0 spiro atoms. The van der Waals surface area contributed by atoms with Crippen LogP contribution in [0.15, 0.2) is 18.2 Å². The normalized spacial score (nSPS) is 13.2. The fourth-order valence-corrected chi connectivity index (χ4v) is 2.01. The van der Waals surface area contributed by atoms with Gasteiger partial charge in [-0.05, 0) is 23.6 Å². The molecule has 0 fully saturated rings. The van der Waals surface area contributed by atoms with Crippen LogP contribution in [0.3, 0.4) is 0 Å². The lowest BCUT2D eigenvalue weighted by atomic mass is 9.91. The van der Waals surface area contributed by atoms with E-state index in [1.165, 1.54) is 0 Å². The lowest BCUT2D eigenvalue weighted by molar-refractivity contribution is 0.103. The molecule has 0 radical (unpaired) electrons. The van der Waals surface area contributed by atoms with Gasteiger partial charge in [-0.1, -0.05) is 56.0 Å². The Labute approximate surface area is 101 Å². The van der Waals surface area contributed by atoms with Crippen LogP contribution in [0.1, 0.15) is 38.4 Å². The highest BCUT2D eigenvalue weighted by Gasteiger charge is 2.17. The Kier molecular flexibility index (Phi) is 4.91. The van der Waals surface area contributed by atoms with Crippen molar-refractivity contribution in [1.29, 1.82) is 0 Å². The minimum Gasteiger partial charge on any atom is -0.388 e. The topological polar surface area (TPSA) is 20.2 Å². The predicted octanol–water partition coefficient (Wildman–Crippen LogP) is 4.46. The summed E-state index contributed by atoms with van der Waals surface area (Å²) >= 11 is 11.7. The van der Waals surface area contributed by atoms with Gasteiger partial charge in [-0.25, -0.2) is 0 Å². The molecule has 0 aromatic heterocycles. The Morgan fingerprint density at radius 3 is 2.20 bits per heavy atom. The lowest BCUT2D eigenvalue weighted by Gasteiger charge is -2.20. The van der Waals surface area contributed by atoms with Gasteiger partial charge in [0.2, 0.25) is 0 Å². The summed E-state index contributed by atoms with van der Waals surface area (Å²) in [5.74, 6) is 0.280. The number of hydrogen-bond donors (Lipinski definition) is 1. The molecule has 0 saturated heterocycles. The van der Waals surface area contributed by atoms with Gasteiger partial charge in [0.1, 0.15) is 0 Å². The van der Waals surface area contributed by atoms with E-state index in [1.807, 2.05) is 6.07 Å². The van der Waals surface area contributed by atoms with Gasteiger partial charge >= 0.3 is 0 Å². The van der Waals surface area contributed by atoms with E-state index in [0.717, 1.165) is 18.4 Å². The number of rotatable bonds is 4. The summed E-state index contributed by atoms with van der Waals surface area (Å²) in [5, 5.41) is 11.1. The van der Waals surface area contributed by atoms with Crippen LogP contribution >= 0.6 is 23.2 Å². The minimum atomic E-state index is -0.449. The Morgan fingerprint density at radius 2 is 1.73 bits per heavy atom. The van der Waals surface area contributed by atoms with Crippen molar-refractivity contribution >= 4 is 23.2 Å². The molecule has 0 saturated carbocycles. The van der Waals surface area contributed by atoms with E-state index in [4.69, 9.17) is 23.2 Å². The van der Waals surface area contributed by atoms with Gasteiger partial charge in [0.25, 0.3) is 0 Å². The van der Waals surface area contributed by atoms with E-state index in [0.29, 0.717) is 10.0 Å². The second-order valence-corrected chi connectivity index (χ2v) is 4.51. The fraction of sp³-hybridized carbons (Fsp3) is 0.500. The van der Waals surface area contributed by atoms with Gasteiger partial charge in [-0.3, -0.25) is 0 Å². The van der Waals surface area contributed by atoms with Gasteiger partial charge in [-0.2, -0.15) is 0 Å². The summed E-state index contributed by atoms with van der Waals surface area (Å²) in [4.78, 5) is 0. The van der Waals surface area contributed by atoms with Gasteiger partial charge in [0.15, 0.2) is 0 Å². The quantitative estimate of drug-likeness (QED) is 0.832. The Bertz CT molecular complexity index is 321. The molecular formula is C12H16Cl2O. The first kappa shape index (κ1) is 12.8. The average molecular weight is 247 g/mol. The van der Waals surface area contributed by atoms with Crippen LogP contribution in [0, 0.1) is 5.92 Å². The van der Waals surface area contributed by atoms with Crippen molar-refractivity contribution in [3.8, 4) is 0 Å². The molecule has 1 aromatic carbocycles. The van der Waals surface area contributed by atoms with Crippen molar-refractivity contribution < 1.29 is 5.11 Å². The first-order valence-corrected chi connectivity index (χ1v) is 5.98. The molecule has 0 amide bonds. The zero-order valence-electron chi connectivity index (χ0n) is 9.00. The van der Waals surface area contributed by atoms with Crippen LogP contribution in [0.25, 0.3) is 0 Å². The summed E-state index contributed by atoms with van der Waals surface area (Å²) in [6.45, 7) is 4.16. The van der Waals surface area contributed by atoms with Gasteiger partial charge in [-0.15, -0.1) is 0 Å². The maximum Gasteiger partial charge on any atom is 0.0818 e. The number of halogens is 2. The van der Waals surface area contributed by atoms with E-state index >= 15 is 0 Å². The molecule has 3 heteroatoms. The summed E-state index contributed by atoms with van der Waals surface area (Å²) < 4.78 is 0. The molecule has 15 heavy (non-hydrogen) atoms. The number of benzene rings is 1. The molecule has 1 atom stereocenters. The first-order valence-electron chi connectivity index (χ1n) is 5.23. The molecule has 0 heterocycles. The Balaban J connectivity index is 2.90. The molecule has 0 bridgehead atoms. The van der Waals surface area contributed by atoms with Crippen LogP contribution in [-0.4, -0.2) is 5.11 Å². The number of aliphatic hydroxyl groups is 1. The number of aliphatic hydroxyl groups excluding tert-OH is 1. The zero-order chi connectivity index (χ0) is 11.4. The maximum atomic E-state index is 10.1. The van der Waals surface area contributed by atoms with Crippen LogP contribution in [0.2, 0.25) is 10.0 Å². The van der Waals surface area contributed by atoms with Crippen molar-refractivity contribution in [3.63, 3.8) is 0 Å². The molecule has 0 aliphatic heterocycles. The molecule has 1 aromatic rings. The summed E-state index contributed by atoms with van der Waals surface area (Å²) in [5.41, 5.74) is 0.845. The highest BCUT2D eigenvalue weighted by molar-refractivity contribution is 6.42. The molecule has 0 aliphatic carbocycles. The molecule has 84 valence electrons. The third-order valence-electron chi connectivity index (χ3n) is 2.78. The second kappa shape index (κ2) is 5.74. The SMILES string of the molecule is CCC(CC)C(O)c1ccc(Cl)c(Cl)c1. The van der Waals surface area contributed by atoms with E-state index < -0.39 is 6.10 Å². The summed E-state index contributed by atoms with van der Waals surface area (Å²) in [6.07, 6.45) is 1.46. The third-order valence-corrected chi connectivity index (χ3v) is 3.52. The highest BCUT2D eigenvalue weighted by atomic mass is 35.5. The molecule has 0 aliphatic rings. The van der Waals surface area contributed by atoms with E-state index in [1.54, 1.807) is 12.1 Å². The van der Waals surface area contributed by atoms with Gasteiger partial charge in [0, 0.05) is 0 Å². The Hall–Kier alpha value is -0.240.